The molecule has 0 spiro atoms. The van der Waals surface area contributed by atoms with Gasteiger partial charge in [-0.3, -0.25) is 9.69 Å². The molecule has 1 atom stereocenters. The van der Waals surface area contributed by atoms with E-state index in [0.29, 0.717) is 16.6 Å². The summed E-state index contributed by atoms with van der Waals surface area (Å²) in [6, 6.07) is 0.953. The SMILES string of the molecule is CN1C(=O)C(N)COc2cc(Cl)cnc21. The normalized spacial score (nSPS) is 20.6. The van der Waals surface area contributed by atoms with E-state index in [9.17, 15) is 4.79 Å². The van der Waals surface area contributed by atoms with Crippen LogP contribution in [-0.2, 0) is 4.79 Å². The van der Waals surface area contributed by atoms with Crippen LogP contribution in [0.25, 0.3) is 0 Å². The van der Waals surface area contributed by atoms with Crippen LogP contribution in [0.5, 0.6) is 5.75 Å². The number of pyridine rings is 1. The topological polar surface area (TPSA) is 68.5 Å². The van der Waals surface area contributed by atoms with Crippen LogP contribution in [0.2, 0.25) is 5.02 Å². The molecule has 0 saturated heterocycles. The standard InChI is InChI=1S/C9H10ClN3O2/c1-13-8-7(2-5(10)3-12-8)15-4-6(11)9(13)14/h2-3,6H,4,11H2,1H3. The second-order valence-corrected chi connectivity index (χ2v) is 3.73. The quantitative estimate of drug-likeness (QED) is 0.698. The van der Waals surface area contributed by atoms with Crippen molar-refractivity contribution in [2.45, 2.75) is 6.04 Å². The molecule has 5 nitrogen and oxygen atoms in total. The Labute approximate surface area is 91.8 Å². The molecule has 1 aliphatic rings. The van der Waals surface area contributed by atoms with Crippen LogP contribution in [0.3, 0.4) is 0 Å². The summed E-state index contributed by atoms with van der Waals surface area (Å²) in [7, 11) is 1.61. The van der Waals surface area contributed by atoms with Crippen molar-refractivity contribution in [1.29, 1.82) is 0 Å². The molecule has 0 saturated carbocycles. The molecule has 0 aromatic carbocycles. The van der Waals surface area contributed by atoms with E-state index in [0.717, 1.165) is 0 Å². The van der Waals surface area contributed by atoms with E-state index in [-0.39, 0.29) is 12.5 Å². The number of hydrogen-bond donors (Lipinski definition) is 1. The number of aromatic nitrogens is 1. The van der Waals surface area contributed by atoms with Gasteiger partial charge in [-0.05, 0) is 0 Å². The van der Waals surface area contributed by atoms with Crippen molar-refractivity contribution in [2.75, 3.05) is 18.6 Å². The third kappa shape index (κ3) is 1.75. The predicted octanol–water partition coefficient (Wildman–Crippen LogP) is 0.418. The number of anilines is 1. The number of hydrogen-bond acceptors (Lipinski definition) is 4. The second kappa shape index (κ2) is 3.67. The number of amides is 1. The molecule has 15 heavy (non-hydrogen) atoms. The van der Waals surface area contributed by atoms with Gasteiger partial charge in [0.1, 0.15) is 12.6 Å². The van der Waals surface area contributed by atoms with Gasteiger partial charge in [0.15, 0.2) is 11.6 Å². The van der Waals surface area contributed by atoms with E-state index < -0.39 is 6.04 Å². The average molecular weight is 228 g/mol. The third-order valence-electron chi connectivity index (χ3n) is 2.18. The fourth-order valence-corrected chi connectivity index (χ4v) is 1.52. The van der Waals surface area contributed by atoms with Gasteiger partial charge in [-0.1, -0.05) is 11.6 Å². The Morgan fingerprint density at radius 2 is 2.47 bits per heavy atom. The van der Waals surface area contributed by atoms with Gasteiger partial charge in [-0.15, -0.1) is 0 Å². The van der Waals surface area contributed by atoms with Crippen molar-refractivity contribution >= 4 is 23.3 Å². The Kier molecular flexibility index (Phi) is 2.50. The number of fused-ring (bicyclic) bond motifs is 1. The molecule has 0 radical (unpaired) electrons. The van der Waals surface area contributed by atoms with Gasteiger partial charge in [0, 0.05) is 19.3 Å². The van der Waals surface area contributed by atoms with Crippen LogP contribution in [0.1, 0.15) is 0 Å². The van der Waals surface area contributed by atoms with Gasteiger partial charge >= 0.3 is 0 Å². The van der Waals surface area contributed by atoms with E-state index in [1.54, 1.807) is 13.1 Å². The van der Waals surface area contributed by atoms with Crippen LogP contribution in [-0.4, -0.2) is 30.6 Å². The van der Waals surface area contributed by atoms with E-state index in [1.807, 2.05) is 0 Å². The number of nitrogens with zero attached hydrogens (tertiary/aromatic N) is 2. The molecule has 2 heterocycles. The number of halogens is 1. The molecule has 6 heteroatoms. The Morgan fingerprint density at radius 1 is 1.73 bits per heavy atom. The first-order valence-electron chi connectivity index (χ1n) is 4.41. The summed E-state index contributed by atoms with van der Waals surface area (Å²) in [6.45, 7) is 0.137. The second-order valence-electron chi connectivity index (χ2n) is 3.29. The highest BCUT2D eigenvalue weighted by molar-refractivity contribution is 6.30. The smallest absolute Gasteiger partial charge is 0.248 e. The van der Waals surface area contributed by atoms with Crippen LogP contribution in [0.4, 0.5) is 5.82 Å². The third-order valence-corrected chi connectivity index (χ3v) is 2.39. The predicted molar refractivity (Wildman–Crippen MR) is 56.1 cm³/mol. The minimum atomic E-state index is -0.664. The van der Waals surface area contributed by atoms with Gasteiger partial charge in [-0.2, -0.15) is 0 Å². The molecule has 1 amide bonds. The zero-order chi connectivity index (χ0) is 11.0. The van der Waals surface area contributed by atoms with Crippen molar-refractivity contribution in [3.05, 3.63) is 17.3 Å². The van der Waals surface area contributed by atoms with Crippen LogP contribution in [0.15, 0.2) is 12.3 Å². The van der Waals surface area contributed by atoms with E-state index in [2.05, 4.69) is 4.98 Å². The molecule has 0 bridgehead atoms. The summed E-state index contributed by atoms with van der Waals surface area (Å²) in [4.78, 5) is 17.1. The maximum Gasteiger partial charge on any atom is 0.248 e. The number of rotatable bonds is 0. The highest BCUT2D eigenvalue weighted by Crippen LogP contribution is 2.30. The van der Waals surface area contributed by atoms with Gasteiger partial charge in [-0.25, -0.2) is 4.98 Å². The maximum atomic E-state index is 11.6. The number of ether oxygens (including phenoxy) is 1. The largest absolute Gasteiger partial charge is 0.487 e. The van der Waals surface area contributed by atoms with Crippen LogP contribution < -0.4 is 15.4 Å². The molecule has 1 aromatic rings. The molecular formula is C9H10ClN3O2. The van der Waals surface area contributed by atoms with Crippen LogP contribution >= 0.6 is 11.6 Å². The summed E-state index contributed by atoms with van der Waals surface area (Å²) in [5.74, 6) is 0.701. The van der Waals surface area contributed by atoms with E-state index in [4.69, 9.17) is 22.1 Å². The summed E-state index contributed by atoms with van der Waals surface area (Å²) in [5.41, 5.74) is 5.61. The molecule has 2 N–H and O–H groups in total. The van der Waals surface area contributed by atoms with Crippen molar-refractivity contribution in [3.8, 4) is 5.75 Å². The van der Waals surface area contributed by atoms with E-state index >= 15 is 0 Å². The van der Waals surface area contributed by atoms with Crippen molar-refractivity contribution in [3.63, 3.8) is 0 Å². The Hall–Kier alpha value is -1.33. The number of carbonyl (C=O) groups excluding carboxylic acids is 1. The molecule has 80 valence electrons. The fourth-order valence-electron chi connectivity index (χ4n) is 1.38. The molecule has 0 aliphatic carbocycles. The minimum Gasteiger partial charge on any atom is -0.487 e. The Morgan fingerprint density at radius 3 is 3.20 bits per heavy atom. The number of nitrogens with two attached hydrogens (primary N) is 1. The zero-order valence-corrected chi connectivity index (χ0v) is 8.86. The lowest BCUT2D eigenvalue weighted by atomic mass is 10.3. The monoisotopic (exact) mass is 227 g/mol. The highest BCUT2D eigenvalue weighted by atomic mass is 35.5. The summed E-state index contributed by atoms with van der Waals surface area (Å²) >= 11 is 5.77. The summed E-state index contributed by atoms with van der Waals surface area (Å²) in [6.07, 6.45) is 1.46. The lowest BCUT2D eigenvalue weighted by Gasteiger charge is -2.15. The first kappa shape index (κ1) is 10.2. The first-order chi connectivity index (χ1) is 7.09. The summed E-state index contributed by atoms with van der Waals surface area (Å²) in [5, 5.41) is 0.463. The maximum absolute atomic E-state index is 11.6. The van der Waals surface area contributed by atoms with Gasteiger partial charge in [0.25, 0.3) is 0 Å². The fraction of sp³-hybridized carbons (Fsp3) is 0.333. The van der Waals surface area contributed by atoms with Crippen molar-refractivity contribution in [2.24, 2.45) is 5.73 Å². The molecule has 2 rings (SSSR count). The molecular weight excluding hydrogens is 218 g/mol. The lowest BCUT2D eigenvalue weighted by molar-refractivity contribution is -0.119. The van der Waals surface area contributed by atoms with Gasteiger partial charge < -0.3 is 10.5 Å². The van der Waals surface area contributed by atoms with Gasteiger partial charge in [0.2, 0.25) is 5.91 Å². The number of likely N-dealkylation sites (N-methyl/N-ethyl adjacent to an activating group) is 1. The molecule has 1 aliphatic heterocycles. The average Bonchev–Trinajstić information content (AvgIpc) is 2.32. The number of carbonyl (C=O) groups is 1. The van der Waals surface area contributed by atoms with Crippen LogP contribution in [0, 0.1) is 0 Å². The highest BCUT2D eigenvalue weighted by Gasteiger charge is 2.27. The Bertz CT molecular complexity index is 410. The molecule has 1 aromatic heterocycles. The molecule has 1 unspecified atom stereocenters. The first-order valence-corrected chi connectivity index (χ1v) is 4.79. The zero-order valence-electron chi connectivity index (χ0n) is 8.11. The van der Waals surface area contributed by atoms with Crippen molar-refractivity contribution < 1.29 is 9.53 Å². The van der Waals surface area contributed by atoms with Gasteiger partial charge in [0.05, 0.1) is 5.02 Å². The minimum absolute atomic E-state index is 0.137. The summed E-state index contributed by atoms with van der Waals surface area (Å²) < 4.78 is 5.35. The lowest BCUT2D eigenvalue weighted by Crippen LogP contribution is -2.43. The van der Waals surface area contributed by atoms with Crippen molar-refractivity contribution in [1.82, 2.24) is 4.98 Å². The molecule has 0 fully saturated rings. The van der Waals surface area contributed by atoms with E-state index in [1.165, 1.54) is 11.1 Å². The Balaban J connectivity index is 2.47.